The van der Waals surface area contributed by atoms with E-state index in [0.29, 0.717) is 44.7 Å². The van der Waals surface area contributed by atoms with E-state index in [0.717, 1.165) is 17.2 Å². The van der Waals surface area contributed by atoms with Gasteiger partial charge in [0.05, 0.1) is 18.9 Å². The minimum absolute atomic E-state index is 0.177. The van der Waals surface area contributed by atoms with E-state index >= 15 is 0 Å². The Labute approximate surface area is 217 Å². The molecule has 0 bridgehead atoms. The van der Waals surface area contributed by atoms with Crippen LogP contribution in [0.3, 0.4) is 0 Å². The highest BCUT2D eigenvalue weighted by molar-refractivity contribution is 6.06. The molecule has 2 amide bonds. The number of anilines is 2. The van der Waals surface area contributed by atoms with E-state index in [1.54, 1.807) is 12.1 Å². The molecular formula is C28H26F3N3O4. The predicted molar refractivity (Wildman–Crippen MR) is 136 cm³/mol. The zero-order valence-electron chi connectivity index (χ0n) is 20.4. The fourth-order valence-corrected chi connectivity index (χ4v) is 4.60. The summed E-state index contributed by atoms with van der Waals surface area (Å²) in [5.41, 5.74) is 1.57. The van der Waals surface area contributed by atoms with E-state index in [1.807, 2.05) is 47.4 Å². The van der Waals surface area contributed by atoms with Gasteiger partial charge < -0.3 is 20.1 Å². The van der Waals surface area contributed by atoms with Gasteiger partial charge in [-0.15, -0.1) is 13.2 Å². The first kappa shape index (κ1) is 25.7. The van der Waals surface area contributed by atoms with Gasteiger partial charge in [-0.1, -0.05) is 42.5 Å². The lowest BCUT2D eigenvalue weighted by Gasteiger charge is -2.34. The zero-order valence-corrected chi connectivity index (χ0v) is 20.4. The zero-order chi connectivity index (χ0) is 26.8. The summed E-state index contributed by atoms with van der Waals surface area (Å²) in [6, 6.07) is 20.3. The molecule has 5 rings (SSSR count). The average Bonchev–Trinajstić information content (AvgIpc) is 3.73. The van der Waals surface area contributed by atoms with Crippen LogP contribution >= 0.6 is 0 Å². The fourth-order valence-electron chi connectivity index (χ4n) is 4.60. The van der Waals surface area contributed by atoms with Gasteiger partial charge in [0, 0.05) is 24.3 Å². The van der Waals surface area contributed by atoms with Crippen molar-refractivity contribution in [2.45, 2.75) is 24.7 Å². The highest BCUT2D eigenvalue weighted by Crippen LogP contribution is 2.44. The summed E-state index contributed by atoms with van der Waals surface area (Å²) < 4.78 is 48.7. The molecular weight excluding hydrogens is 499 g/mol. The van der Waals surface area contributed by atoms with Gasteiger partial charge in [-0.05, 0) is 54.3 Å². The summed E-state index contributed by atoms with van der Waals surface area (Å²) in [7, 11) is 0. The highest BCUT2D eigenvalue weighted by Gasteiger charge is 2.54. The Hall–Kier alpha value is -3.89. The Kier molecular flexibility index (Phi) is 7.09. The van der Waals surface area contributed by atoms with Gasteiger partial charge >= 0.3 is 6.36 Å². The third kappa shape index (κ3) is 5.81. The summed E-state index contributed by atoms with van der Waals surface area (Å²) >= 11 is 0. The lowest BCUT2D eigenvalue weighted by atomic mass is 10.0. The van der Waals surface area contributed by atoms with E-state index in [-0.39, 0.29) is 11.4 Å². The molecule has 0 unspecified atom stereocenters. The Bertz CT molecular complexity index is 1300. The Balaban J connectivity index is 1.33. The number of nitrogens with zero attached hydrogens (tertiary/aromatic N) is 1. The first-order valence-corrected chi connectivity index (χ1v) is 12.2. The van der Waals surface area contributed by atoms with Crippen LogP contribution in [0.25, 0.3) is 11.1 Å². The number of ether oxygens (including phenoxy) is 2. The van der Waals surface area contributed by atoms with Crippen molar-refractivity contribution in [2.24, 2.45) is 0 Å². The van der Waals surface area contributed by atoms with Crippen LogP contribution in [-0.2, 0) is 9.53 Å². The summed E-state index contributed by atoms with van der Waals surface area (Å²) in [6.45, 7) is 2.12. The molecule has 1 saturated heterocycles. The molecule has 3 aromatic rings. The number of nitrogens with one attached hydrogen (secondary N) is 2. The van der Waals surface area contributed by atoms with Gasteiger partial charge in [0.25, 0.3) is 5.91 Å². The van der Waals surface area contributed by atoms with E-state index in [9.17, 15) is 22.8 Å². The molecule has 198 valence electrons. The molecule has 0 aromatic heterocycles. The van der Waals surface area contributed by atoms with Crippen molar-refractivity contribution >= 4 is 23.2 Å². The number of morpholine rings is 1. The standard InChI is InChI=1S/C28H26F3N3O4/c29-28(30,31)38-24-11-10-22(18-23(24)33-26(36)27(12-13-27)34-14-16-37-17-15-34)32-25(35)21-8-6-20(7-9-21)19-4-2-1-3-5-19/h1-11,18H,12-17H2,(H,32,35)(H,33,36). The lowest BCUT2D eigenvalue weighted by molar-refractivity contribution is -0.274. The monoisotopic (exact) mass is 525 g/mol. The summed E-state index contributed by atoms with van der Waals surface area (Å²) in [6.07, 6.45) is -3.75. The van der Waals surface area contributed by atoms with Gasteiger partial charge in [-0.2, -0.15) is 0 Å². The number of carbonyl (C=O) groups is 2. The van der Waals surface area contributed by atoms with Crippen LogP contribution in [0, 0.1) is 0 Å². The first-order chi connectivity index (χ1) is 18.2. The second-order valence-electron chi connectivity index (χ2n) is 9.24. The molecule has 38 heavy (non-hydrogen) atoms. The SMILES string of the molecule is O=C(Nc1ccc(OC(F)(F)F)c(NC(=O)C2(N3CCOCC3)CC2)c1)c1ccc(-c2ccccc2)cc1. The third-order valence-electron chi connectivity index (χ3n) is 6.73. The first-order valence-electron chi connectivity index (χ1n) is 12.2. The van der Waals surface area contributed by atoms with Crippen molar-refractivity contribution in [3.05, 3.63) is 78.4 Å². The van der Waals surface area contributed by atoms with Crippen LogP contribution in [0.1, 0.15) is 23.2 Å². The molecule has 3 aromatic carbocycles. The minimum Gasteiger partial charge on any atom is -0.404 e. The molecule has 0 spiro atoms. The topological polar surface area (TPSA) is 79.9 Å². The second kappa shape index (κ2) is 10.5. The van der Waals surface area contributed by atoms with Gasteiger partial charge in [0.2, 0.25) is 5.91 Å². The normalized spacial score (nSPS) is 16.9. The van der Waals surface area contributed by atoms with Gasteiger partial charge in [0.15, 0.2) is 5.75 Å². The summed E-state index contributed by atoms with van der Waals surface area (Å²) in [4.78, 5) is 28.1. The number of hydrogen-bond donors (Lipinski definition) is 2. The molecule has 2 aliphatic rings. The smallest absolute Gasteiger partial charge is 0.404 e. The molecule has 2 fully saturated rings. The van der Waals surface area contributed by atoms with Crippen molar-refractivity contribution in [2.75, 3.05) is 36.9 Å². The van der Waals surface area contributed by atoms with Crippen LogP contribution in [0.15, 0.2) is 72.8 Å². The Morgan fingerprint density at radius 2 is 1.53 bits per heavy atom. The van der Waals surface area contributed by atoms with E-state index < -0.39 is 29.5 Å². The molecule has 10 heteroatoms. The van der Waals surface area contributed by atoms with Gasteiger partial charge in [0.1, 0.15) is 5.54 Å². The molecule has 7 nitrogen and oxygen atoms in total. The number of halogens is 3. The lowest BCUT2D eigenvalue weighted by Crippen LogP contribution is -2.51. The Morgan fingerprint density at radius 1 is 0.868 bits per heavy atom. The highest BCUT2D eigenvalue weighted by atomic mass is 19.4. The minimum atomic E-state index is -4.95. The number of carbonyl (C=O) groups excluding carboxylic acids is 2. The molecule has 1 heterocycles. The Morgan fingerprint density at radius 3 is 2.16 bits per heavy atom. The van der Waals surface area contributed by atoms with E-state index in [1.165, 1.54) is 12.1 Å². The van der Waals surface area contributed by atoms with Gasteiger partial charge in [-0.3, -0.25) is 14.5 Å². The number of hydrogen-bond acceptors (Lipinski definition) is 5. The number of amides is 2. The van der Waals surface area contributed by atoms with Gasteiger partial charge in [-0.25, -0.2) is 0 Å². The predicted octanol–water partition coefficient (Wildman–Crippen LogP) is 5.31. The summed E-state index contributed by atoms with van der Waals surface area (Å²) in [5, 5.41) is 5.30. The number of alkyl halides is 3. The molecule has 0 atom stereocenters. The van der Waals surface area contributed by atoms with Crippen molar-refractivity contribution in [1.29, 1.82) is 0 Å². The third-order valence-corrected chi connectivity index (χ3v) is 6.73. The van der Waals surface area contributed by atoms with Crippen LogP contribution in [0.4, 0.5) is 24.5 Å². The quantitative estimate of drug-likeness (QED) is 0.437. The van der Waals surface area contributed by atoms with Crippen molar-refractivity contribution < 1.29 is 32.2 Å². The molecule has 0 radical (unpaired) electrons. The molecule has 1 aliphatic heterocycles. The van der Waals surface area contributed by atoms with Crippen molar-refractivity contribution in [1.82, 2.24) is 4.90 Å². The van der Waals surface area contributed by atoms with Crippen LogP contribution in [0.5, 0.6) is 5.75 Å². The molecule has 1 aliphatic carbocycles. The number of benzene rings is 3. The van der Waals surface area contributed by atoms with Crippen LogP contribution in [0.2, 0.25) is 0 Å². The second-order valence-corrected chi connectivity index (χ2v) is 9.24. The fraction of sp³-hybridized carbons (Fsp3) is 0.286. The molecule has 1 saturated carbocycles. The van der Waals surface area contributed by atoms with Crippen LogP contribution < -0.4 is 15.4 Å². The average molecular weight is 526 g/mol. The van der Waals surface area contributed by atoms with E-state index in [2.05, 4.69) is 15.4 Å². The summed E-state index contributed by atoms with van der Waals surface area (Å²) in [5.74, 6) is -1.42. The van der Waals surface area contributed by atoms with Crippen LogP contribution in [-0.4, -0.2) is 54.9 Å². The maximum absolute atomic E-state index is 13.2. The maximum Gasteiger partial charge on any atom is 0.573 e. The maximum atomic E-state index is 13.2. The van der Waals surface area contributed by atoms with Crippen molar-refractivity contribution in [3.8, 4) is 16.9 Å². The molecule has 2 N–H and O–H groups in total. The van der Waals surface area contributed by atoms with Crippen molar-refractivity contribution in [3.63, 3.8) is 0 Å². The number of rotatable bonds is 7. The largest absolute Gasteiger partial charge is 0.573 e. The van der Waals surface area contributed by atoms with E-state index in [4.69, 9.17) is 4.74 Å².